The van der Waals surface area contributed by atoms with Gasteiger partial charge in [0.05, 0.1) is 7.11 Å². The Kier molecular flexibility index (Phi) is 20.0. The number of esters is 1. The van der Waals surface area contributed by atoms with E-state index in [9.17, 15) is 19.2 Å². The van der Waals surface area contributed by atoms with Crippen molar-refractivity contribution in [1.82, 2.24) is 5.32 Å². The molecule has 6 atom stereocenters. The molecule has 0 aromatic heterocycles. The Hall–Kier alpha value is -2.02. The van der Waals surface area contributed by atoms with Gasteiger partial charge < -0.3 is 20.6 Å². The molecule has 1 saturated carbocycles. The highest BCUT2D eigenvalue weighted by atomic mass is 16.5. The van der Waals surface area contributed by atoms with Crippen molar-refractivity contribution in [2.24, 2.45) is 28.9 Å². The van der Waals surface area contributed by atoms with Gasteiger partial charge in [0.2, 0.25) is 5.91 Å². The minimum Gasteiger partial charge on any atom is -0.467 e. The molecule has 7 heteroatoms. The van der Waals surface area contributed by atoms with Crippen LogP contribution in [0.1, 0.15) is 133 Å². The molecule has 1 aliphatic carbocycles. The second-order valence-electron chi connectivity index (χ2n) is 11.7. The summed E-state index contributed by atoms with van der Waals surface area (Å²) in [4.78, 5) is 49.8. The van der Waals surface area contributed by atoms with Crippen molar-refractivity contribution in [3.8, 4) is 0 Å². The number of nitrogens with one attached hydrogen (secondary N) is 1. The van der Waals surface area contributed by atoms with E-state index in [4.69, 9.17) is 10.5 Å². The molecular weight excluding hydrogens is 504 g/mol. The van der Waals surface area contributed by atoms with E-state index in [0.29, 0.717) is 44.4 Å². The average molecular weight is 567 g/mol. The fourth-order valence-corrected chi connectivity index (χ4v) is 5.67. The van der Waals surface area contributed by atoms with Gasteiger partial charge >= 0.3 is 5.97 Å². The van der Waals surface area contributed by atoms with Crippen LogP contribution >= 0.6 is 0 Å². The Bertz CT molecular complexity index is 811. The van der Waals surface area contributed by atoms with E-state index >= 15 is 0 Å². The number of amides is 1. The molecule has 1 fully saturated rings. The summed E-state index contributed by atoms with van der Waals surface area (Å²) in [6, 6.07) is -0.710. The maximum absolute atomic E-state index is 13.5. The number of hydrogen-bond donors (Lipinski definition) is 2. The Labute approximate surface area is 245 Å². The minimum atomic E-state index is -0.855. The maximum atomic E-state index is 13.5. The smallest absolute Gasteiger partial charge is 0.328 e. The highest BCUT2D eigenvalue weighted by Gasteiger charge is 2.56. The molecule has 1 amide bonds. The van der Waals surface area contributed by atoms with Gasteiger partial charge in [-0.3, -0.25) is 9.59 Å². The summed E-state index contributed by atoms with van der Waals surface area (Å²) in [7, 11) is 1.29. The lowest BCUT2D eigenvalue weighted by atomic mass is 9.51. The van der Waals surface area contributed by atoms with Crippen LogP contribution < -0.4 is 11.1 Å². The first-order valence-corrected chi connectivity index (χ1v) is 15.5. The predicted molar refractivity (Wildman–Crippen MR) is 166 cm³/mol. The van der Waals surface area contributed by atoms with Gasteiger partial charge in [0.15, 0.2) is 0 Å². The number of ketones is 2. The Morgan fingerprint density at radius 1 is 1.10 bits per heavy atom. The molecule has 0 aromatic carbocycles. The molecule has 0 aliphatic heterocycles. The van der Waals surface area contributed by atoms with Crippen LogP contribution in [0.5, 0.6) is 0 Å². The van der Waals surface area contributed by atoms with Crippen LogP contribution in [0.2, 0.25) is 0 Å². The van der Waals surface area contributed by atoms with Crippen LogP contribution in [0.4, 0.5) is 0 Å². The summed E-state index contributed by atoms with van der Waals surface area (Å²) in [6.07, 6.45) is 5.81. The molecule has 1 aliphatic rings. The first-order chi connectivity index (χ1) is 18.7. The van der Waals surface area contributed by atoms with Crippen molar-refractivity contribution in [2.45, 2.75) is 145 Å². The highest BCUT2D eigenvalue weighted by Crippen LogP contribution is 2.53. The zero-order valence-corrected chi connectivity index (χ0v) is 27.7. The molecular formula is C33H62N2O5. The molecule has 1 rings (SSSR count). The lowest BCUT2D eigenvalue weighted by Gasteiger charge is -2.55. The monoisotopic (exact) mass is 566 g/mol. The minimum absolute atomic E-state index is 0.00938. The zero-order valence-electron chi connectivity index (χ0n) is 27.7. The fourth-order valence-electron chi connectivity index (χ4n) is 5.67. The van der Waals surface area contributed by atoms with Crippen LogP contribution in [0.15, 0.2) is 12.2 Å². The van der Waals surface area contributed by atoms with E-state index in [1.165, 1.54) is 13.5 Å². The molecule has 0 spiro atoms. The summed E-state index contributed by atoms with van der Waals surface area (Å²) in [5.41, 5.74) is 6.57. The third kappa shape index (κ3) is 11.8. The normalized spacial score (nSPS) is 24.2. The molecule has 0 heterocycles. The summed E-state index contributed by atoms with van der Waals surface area (Å²) in [6.45, 7) is 24.3. The van der Waals surface area contributed by atoms with E-state index in [2.05, 4.69) is 46.5 Å². The number of hydrogen-bond acceptors (Lipinski definition) is 6. The van der Waals surface area contributed by atoms with Gasteiger partial charge in [0, 0.05) is 36.1 Å². The summed E-state index contributed by atoms with van der Waals surface area (Å²) < 4.78 is 4.77. The lowest BCUT2D eigenvalue weighted by molar-refractivity contribution is -0.145. The summed E-state index contributed by atoms with van der Waals surface area (Å²) >= 11 is 0. The number of Topliss-reactive ketones (excluding diaryl/α,β-unsaturated/α-hetero) is 2. The van der Waals surface area contributed by atoms with Gasteiger partial charge in [0.1, 0.15) is 17.6 Å². The molecule has 234 valence electrons. The topological polar surface area (TPSA) is 116 Å². The molecule has 0 bridgehead atoms. The number of methoxy groups -OCH3 is 1. The molecule has 0 aromatic rings. The quantitative estimate of drug-likeness (QED) is 0.173. The van der Waals surface area contributed by atoms with Gasteiger partial charge in [-0.2, -0.15) is 0 Å². The van der Waals surface area contributed by atoms with E-state index in [1.807, 2.05) is 20.8 Å². The number of rotatable bonds is 14. The van der Waals surface area contributed by atoms with Crippen molar-refractivity contribution in [3.63, 3.8) is 0 Å². The maximum Gasteiger partial charge on any atom is 0.328 e. The van der Waals surface area contributed by atoms with E-state index < -0.39 is 23.0 Å². The Morgan fingerprint density at radius 2 is 1.65 bits per heavy atom. The lowest BCUT2D eigenvalue weighted by Crippen LogP contribution is -2.63. The van der Waals surface area contributed by atoms with Crippen LogP contribution in [0, 0.1) is 23.2 Å². The first kappa shape index (κ1) is 40.1. The molecule has 0 radical (unpaired) electrons. The second-order valence-corrected chi connectivity index (χ2v) is 11.7. The van der Waals surface area contributed by atoms with Crippen molar-refractivity contribution >= 4 is 23.4 Å². The van der Waals surface area contributed by atoms with E-state index in [1.54, 1.807) is 13.8 Å². The van der Waals surface area contributed by atoms with Crippen LogP contribution in [0.3, 0.4) is 0 Å². The number of carbonyl (C=O) groups is 4. The molecule has 0 saturated heterocycles. The average Bonchev–Trinajstić information content (AvgIpc) is 2.92. The van der Waals surface area contributed by atoms with Gasteiger partial charge in [-0.25, -0.2) is 4.79 Å². The van der Waals surface area contributed by atoms with Crippen molar-refractivity contribution < 1.29 is 23.9 Å². The van der Waals surface area contributed by atoms with Crippen molar-refractivity contribution in [1.29, 1.82) is 0 Å². The van der Waals surface area contributed by atoms with Gasteiger partial charge in [0.25, 0.3) is 0 Å². The van der Waals surface area contributed by atoms with Gasteiger partial charge in [-0.15, -0.1) is 0 Å². The van der Waals surface area contributed by atoms with E-state index in [0.717, 1.165) is 18.4 Å². The van der Waals surface area contributed by atoms with Gasteiger partial charge in [-0.1, -0.05) is 87.3 Å². The van der Waals surface area contributed by atoms with Crippen LogP contribution in [-0.4, -0.2) is 42.1 Å². The standard InChI is InChI=1S/C28H48N2O5.C3H8.C2H6/c1-9-18(3)17-19(4)25-27(7,15-14-24(33)30-22(10-2)26(34)35-8)23(32)13-16-28(25,29)20(5)11-12-21(6)31;1-3-2;1-2/h18,20,22,25H,4,9-17,29H2,1-3,5-8H3,(H,30,33);3H2,1-2H3;1-2H3/t18?,20?,22?,25?,27-,28?;;/m0../s1. The molecule has 5 unspecified atom stereocenters. The van der Waals surface area contributed by atoms with Crippen molar-refractivity contribution in [2.75, 3.05) is 7.11 Å². The van der Waals surface area contributed by atoms with Crippen LogP contribution in [-0.2, 0) is 23.9 Å². The van der Waals surface area contributed by atoms with Crippen LogP contribution in [0.25, 0.3) is 0 Å². The highest BCUT2D eigenvalue weighted by molar-refractivity contribution is 5.88. The largest absolute Gasteiger partial charge is 0.467 e. The Balaban J connectivity index is 0. The molecule has 40 heavy (non-hydrogen) atoms. The number of nitrogens with two attached hydrogens (primary N) is 1. The molecule has 7 nitrogen and oxygen atoms in total. The van der Waals surface area contributed by atoms with E-state index in [-0.39, 0.29) is 35.7 Å². The fraction of sp³-hybridized carbons (Fsp3) is 0.818. The number of carbonyl (C=O) groups excluding carboxylic acids is 4. The number of ether oxygens (including phenoxy) is 1. The molecule has 3 N–H and O–H groups in total. The zero-order chi connectivity index (χ0) is 31.7. The second kappa shape index (κ2) is 20.0. The third-order valence-electron chi connectivity index (χ3n) is 8.26. The summed E-state index contributed by atoms with van der Waals surface area (Å²) in [5, 5.41) is 2.73. The first-order valence-electron chi connectivity index (χ1n) is 15.5. The van der Waals surface area contributed by atoms with Crippen molar-refractivity contribution in [3.05, 3.63) is 12.2 Å². The van der Waals surface area contributed by atoms with Gasteiger partial charge in [-0.05, 0) is 50.9 Å². The Morgan fingerprint density at radius 3 is 2.10 bits per heavy atom. The predicted octanol–water partition coefficient (Wildman–Crippen LogP) is 6.96. The third-order valence-corrected chi connectivity index (χ3v) is 8.26. The SMILES string of the molecule is C=C(CC(C)CC)C1C(N)(C(C)CCC(C)=O)CCC(=O)[C@]1(C)CCC(=O)NC(CC)C(=O)OC.CC.CCC. The summed E-state index contributed by atoms with van der Waals surface area (Å²) in [5.74, 6) is -0.452.